The molecule has 0 saturated heterocycles. The lowest BCUT2D eigenvalue weighted by Gasteiger charge is -2.25. The van der Waals surface area contributed by atoms with Gasteiger partial charge in [0.05, 0.1) is 16.6 Å². The summed E-state index contributed by atoms with van der Waals surface area (Å²) in [6.07, 6.45) is 1.81. The van der Waals surface area contributed by atoms with Gasteiger partial charge in [-0.15, -0.1) is 0 Å². The molecule has 2 aromatic carbocycles. The molecule has 0 N–H and O–H groups in total. The molecule has 0 unspecified atom stereocenters. The number of benzene rings is 2. The van der Waals surface area contributed by atoms with Crippen molar-refractivity contribution in [2.45, 2.75) is 6.67 Å². The second-order valence-corrected chi connectivity index (χ2v) is 7.17. The molecule has 1 aromatic heterocycles. The molecule has 3 aromatic rings. The van der Waals surface area contributed by atoms with E-state index in [1.165, 1.54) is 23.5 Å². The van der Waals surface area contributed by atoms with Crippen LogP contribution in [0.3, 0.4) is 0 Å². The van der Waals surface area contributed by atoms with Gasteiger partial charge in [0.1, 0.15) is 19.1 Å². The summed E-state index contributed by atoms with van der Waals surface area (Å²) in [5, 5.41) is 11.0. The van der Waals surface area contributed by atoms with Gasteiger partial charge in [0.15, 0.2) is 4.80 Å². The summed E-state index contributed by atoms with van der Waals surface area (Å²) in [5.74, 6) is 0.719. The van der Waals surface area contributed by atoms with E-state index in [0.29, 0.717) is 28.4 Å². The van der Waals surface area contributed by atoms with Crippen molar-refractivity contribution in [1.29, 1.82) is 0 Å². The molecule has 4 rings (SSSR count). The highest BCUT2D eigenvalue weighted by atomic mass is 32.1. The molecule has 142 valence electrons. The standard InChI is InChI=1S/C19H16N4O4S/c1-27-16-7-2-4-13(8-16)9-17-18(24)22-12-21(11-20-19(22)28-17)14-5-3-6-15(10-14)23(25)26/h2-10H,11-12H2,1H3/b17-9-. The summed E-state index contributed by atoms with van der Waals surface area (Å²) in [7, 11) is 1.60. The Kier molecular flexibility index (Phi) is 4.66. The van der Waals surface area contributed by atoms with Gasteiger partial charge in [-0.1, -0.05) is 29.5 Å². The summed E-state index contributed by atoms with van der Waals surface area (Å²) in [6, 6.07) is 13.8. The smallest absolute Gasteiger partial charge is 0.271 e. The number of non-ortho nitro benzene ring substituents is 1. The van der Waals surface area contributed by atoms with E-state index in [-0.39, 0.29) is 11.2 Å². The number of nitro benzene ring substituents is 1. The number of rotatable bonds is 4. The Labute approximate surface area is 163 Å². The zero-order chi connectivity index (χ0) is 19.7. The second kappa shape index (κ2) is 7.28. The third-order valence-electron chi connectivity index (χ3n) is 4.37. The van der Waals surface area contributed by atoms with Crippen LogP contribution in [-0.4, -0.2) is 23.3 Å². The fraction of sp³-hybridized carbons (Fsp3) is 0.158. The maximum atomic E-state index is 12.8. The van der Waals surface area contributed by atoms with Gasteiger partial charge in [-0.05, 0) is 29.8 Å². The van der Waals surface area contributed by atoms with E-state index in [1.54, 1.807) is 23.8 Å². The van der Waals surface area contributed by atoms with Crippen molar-refractivity contribution in [1.82, 2.24) is 4.57 Å². The number of thiazole rings is 1. The van der Waals surface area contributed by atoms with Crippen LogP contribution in [0.5, 0.6) is 5.75 Å². The molecule has 1 aliphatic heterocycles. The molecule has 0 saturated carbocycles. The first-order valence-corrected chi connectivity index (χ1v) is 9.26. The Bertz CT molecular complexity index is 1230. The first-order chi connectivity index (χ1) is 13.5. The maximum Gasteiger partial charge on any atom is 0.271 e. The molecular weight excluding hydrogens is 380 g/mol. The van der Waals surface area contributed by atoms with Crippen LogP contribution in [0.25, 0.3) is 6.08 Å². The van der Waals surface area contributed by atoms with E-state index in [9.17, 15) is 14.9 Å². The fourth-order valence-corrected chi connectivity index (χ4v) is 3.92. The van der Waals surface area contributed by atoms with Crippen molar-refractivity contribution < 1.29 is 9.66 Å². The molecule has 0 bridgehead atoms. The summed E-state index contributed by atoms with van der Waals surface area (Å²) in [6.45, 7) is 0.626. The SMILES string of the molecule is COc1cccc(/C=c2\sc3n(c2=O)CN(c2cccc([N+](=O)[O-])c2)CN=3)c1. The number of nitro groups is 1. The van der Waals surface area contributed by atoms with Crippen molar-refractivity contribution >= 4 is 28.8 Å². The normalized spacial score (nSPS) is 13.8. The average molecular weight is 396 g/mol. The fourth-order valence-electron chi connectivity index (χ4n) is 2.96. The van der Waals surface area contributed by atoms with Gasteiger partial charge in [0.25, 0.3) is 11.2 Å². The third kappa shape index (κ3) is 3.39. The monoisotopic (exact) mass is 396 g/mol. The third-order valence-corrected chi connectivity index (χ3v) is 5.42. The quantitative estimate of drug-likeness (QED) is 0.495. The summed E-state index contributed by atoms with van der Waals surface area (Å²) < 4.78 is 7.38. The van der Waals surface area contributed by atoms with E-state index in [4.69, 9.17) is 4.74 Å². The Morgan fingerprint density at radius 2 is 2.07 bits per heavy atom. The van der Waals surface area contributed by atoms with E-state index < -0.39 is 4.92 Å². The molecule has 8 nitrogen and oxygen atoms in total. The Morgan fingerprint density at radius 3 is 2.86 bits per heavy atom. The molecule has 0 aliphatic carbocycles. The van der Waals surface area contributed by atoms with Crippen LogP contribution in [0.2, 0.25) is 0 Å². The van der Waals surface area contributed by atoms with Crippen LogP contribution >= 0.6 is 11.3 Å². The average Bonchev–Trinajstić information content (AvgIpc) is 3.03. The zero-order valence-electron chi connectivity index (χ0n) is 14.9. The van der Waals surface area contributed by atoms with E-state index in [0.717, 1.165) is 11.3 Å². The lowest BCUT2D eigenvalue weighted by molar-refractivity contribution is -0.384. The molecule has 1 aliphatic rings. The Morgan fingerprint density at radius 1 is 1.25 bits per heavy atom. The van der Waals surface area contributed by atoms with Crippen molar-refractivity contribution in [3.63, 3.8) is 0 Å². The van der Waals surface area contributed by atoms with Crippen LogP contribution in [0, 0.1) is 10.1 Å². The van der Waals surface area contributed by atoms with E-state index in [2.05, 4.69) is 4.99 Å². The van der Waals surface area contributed by atoms with Gasteiger partial charge in [-0.3, -0.25) is 19.5 Å². The van der Waals surface area contributed by atoms with Crippen LogP contribution in [-0.2, 0) is 6.67 Å². The summed E-state index contributed by atoms with van der Waals surface area (Å²) >= 11 is 1.33. The number of anilines is 1. The Hall–Kier alpha value is -3.46. The van der Waals surface area contributed by atoms with Crippen LogP contribution in [0.15, 0.2) is 58.3 Å². The van der Waals surface area contributed by atoms with Gasteiger partial charge < -0.3 is 9.64 Å². The molecule has 9 heteroatoms. The zero-order valence-corrected chi connectivity index (χ0v) is 15.8. The minimum atomic E-state index is -0.437. The summed E-state index contributed by atoms with van der Waals surface area (Å²) in [4.78, 5) is 30.3. The lowest BCUT2D eigenvalue weighted by atomic mass is 10.2. The van der Waals surface area contributed by atoms with Crippen LogP contribution < -0.4 is 24.5 Å². The van der Waals surface area contributed by atoms with Crippen molar-refractivity contribution in [3.05, 3.63) is 83.9 Å². The molecule has 0 radical (unpaired) electrons. The molecule has 0 spiro atoms. The van der Waals surface area contributed by atoms with Gasteiger partial charge >= 0.3 is 0 Å². The number of fused-ring (bicyclic) bond motifs is 1. The van der Waals surface area contributed by atoms with E-state index in [1.807, 2.05) is 35.2 Å². The van der Waals surface area contributed by atoms with Crippen LogP contribution in [0.1, 0.15) is 5.56 Å². The molecule has 0 fully saturated rings. The van der Waals surface area contributed by atoms with Crippen LogP contribution in [0.4, 0.5) is 11.4 Å². The predicted octanol–water partition coefficient (Wildman–Crippen LogP) is 1.71. The molecule has 2 heterocycles. The minimum Gasteiger partial charge on any atom is -0.497 e. The molecule has 0 amide bonds. The minimum absolute atomic E-state index is 0.00742. The lowest BCUT2D eigenvalue weighted by Crippen LogP contribution is -2.42. The topological polar surface area (TPSA) is 90.0 Å². The largest absolute Gasteiger partial charge is 0.497 e. The molecular formula is C19H16N4O4S. The highest BCUT2D eigenvalue weighted by Crippen LogP contribution is 2.22. The van der Waals surface area contributed by atoms with Gasteiger partial charge in [0, 0.05) is 17.8 Å². The summed E-state index contributed by atoms with van der Waals surface area (Å²) in [5.41, 5.74) is 1.39. The van der Waals surface area contributed by atoms with Crippen molar-refractivity contribution in [3.8, 4) is 5.75 Å². The first kappa shape index (κ1) is 17.9. The Balaban J connectivity index is 1.69. The number of methoxy groups -OCH3 is 1. The van der Waals surface area contributed by atoms with Crippen molar-refractivity contribution in [2.75, 3.05) is 18.7 Å². The number of ether oxygens (including phenoxy) is 1. The van der Waals surface area contributed by atoms with E-state index >= 15 is 0 Å². The molecule has 28 heavy (non-hydrogen) atoms. The second-order valence-electron chi connectivity index (χ2n) is 6.16. The number of hydrogen-bond donors (Lipinski definition) is 0. The highest BCUT2D eigenvalue weighted by molar-refractivity contribution is 7.07. The number of hydrogen-bond acceptors (Lipinski definition) is 7. The van der Waals surface area contributed by atoms with Gasteiger partial charge in [-0.25, -0.2) is 4.99 Å². The number of nitrogens with zero attached hydrogens (tertiary/aromatic N) is 4. The number of aromatic nitrogens is 1. The van der Waals surface area contributed by atoms with Crippen molar-refractivity contribution in [2.24, 2.45) is 4.99 Å². The first-order valence-electron chi connectivity index (χ1n) is 8.44. The van der Waals surface area contributed by atoms with Gasteiger partial charge in [0.2, 0.25) is 0 Å². The maximum absolute atomic E-state index is 12.8. The highest BCUT2D eigenvalue weighted by Gasteiger charge is 2.17. The van der Waals surface area contributed by atoms with Gasteiger partial charge in [-0.2, -0.15) is 0 Å². The molecule has 0 atom stereocenters. The predicted molar refractivity (Wildman–Crippen MR) is 106 cm³/mol.